The normalized spacial score (nSPS) is 46.0. The minimum atomic E-state index is 0.513. The van der Waals surface area contributed by atoms with Crippen molar-refractivity contribution in [2.24, 2.45) is 11.8 Å². The Kier molecular flexibility index (Phi) is 2.13. The van der Waals surface area contributed by atoms with E-state index in [-0.39, 0.29) is 0 Å². The topological polar surface area (TPSA) is 12.5 Å². The monoisotopic (exact) mass is 169 g/mol. The molecule has 2 nitrogen and oxygen atoms in total. The third-order valence-electron chi connectivity index (χ3n) is 3.67. The SMILES string of the molecule is CO[C@@H]1[C@@H]2CC[C@@H](C2)[C@@H]1N(C)C. The molecule has 0 spiro atoms. The molecule has 2 rings (SSSR count). The van der Waals surface area contributed by atoms with Gasteiger partial charge in [-0.15, -0.1) is 0 Å². The number of rotatable bonds is 2. The van der Waals surface area contributed by atoms with Gasteiger partial charge in [-0.2, -0.15) is 0 Å². The zero-order valence-electron chi connectivity index (χ0n) is 8.29. The molecule has 2 aliphatic rings. The lowest BCUT2D eigenvalue weighted by Gasteiger charge is -2.34. The second-order valence-electron chi connectivity index (χ2n) is 4.49. The third-order valence-corrected chi connectivity index (χ3v) is 3.67. The van der Waals surface area contributed by atoms with Crippen LogP contribution in [0.5, 0.6) is 0 Å². The Morgan fingerprint density at radius 2 is 1.83 bits per heavy atom. The number of methoxy groups -OCH3 is 1. The number of fused-ring (bicyclic) bond motifs is 2. The van der Waals surface area contributed by atoms with Crippen molar-refractivity contribution in [1.82, 2.24) is 4.90 Å². The second kappa shape index (κ2) is 3.00. The van der Waals surface area contributed by atoms with Gasteiger partial charge in [0.15, 0.2) is 0 Å². The average Bonchev–Trinajstić information content (AvgIpc) is 2.60. The lowest BCUT2D eigenvalue weighted by molar-refractivity contribution is -0.00170. The Morgan fingerprint density at radius 3 is 2.33 bits per heavy atom. The van der Waals surface area contributed by atoms with Crippen LogP contribution in [-0.2, 0) is 4.74 Å². The van der Waals surface area contributed by atoms with Gasteiger partial charge in [0.05, 0.1) is 6.10 Å². The summed E-state index contributed by atoms with van der Waals surface area (Å²) >= 11 is 0. The van der Waals surface area contributed by atoms with Crippen LogP contribution < -0.4 is 0 Å². The summed E-state index contributed by atoms with van der Waals surface area (Å²) in [6.07, 6.45) is 4.74. The minimum Gasteiger partial charge on any atom is -0.380 e. The van der Waals surface area contributed by atoms with E-state index in [0.717, 1.165) is 11.8 Å². The van der Waals surface area contributed by atoms with Crippen LogP contribution in [-0.4, -0.2) is 38.3 Å². The molecular formula is C10H19NO. The van der Waals surface area contributed by atoms with E-state index in [0.29, 0.717) is 12.1 Å². The molecule has 0 aromatic heterocycles. The van der Waals surface area contributed by atoms with Gasteiger partial charge in [0, 0.05) is 13.2 Å². The number of nitrogens with zero attached hydrogens (tertiary/aromatic N) is 1. The number of hydrogen-bond acceptors (Lipinski definition) is 2. The highest BCUT2D eigenvalue weighted by Crippen LogP contribution is 2.47. The van der Waals surface area contributed by atoms with E-state index in [4.69, 9.17) is 4.74 Å². The lowest BCUT2D eigenvalue weighted by atomic mass is 9.92. The van der Waals surface area contributed by atoms with Gasteiger partial charge >= 0.3 is 0 Å². The standard InChI is InChI=1S/C10H19NO/c1-11(2)9-7-4-5-8(6-7)10(9)12-3/h7-10H,4-6H2,1-3H3/t7-,8+,9-,10+/m0/s1. The fourth-order valence-corrected chi connectivity index (χ4v) is 3.26. The van der Waals surface area contributed by atoms with Crippen LogP contribution in [0.15, 0.2) is 0 Å². The fourth-order valence-electron chi connectivity index (χ4n) is 3.26. The van der Waals surface area contributed by atoms with Gasteiger partial charge in [0.25, 0.3) is 0 Å². The third kappa shape index (κ3) is 1.09. The highest BCUT2D eigenvalue weighted by Gasteiger charge is 2.48. The zero-order valence-corrected chi connectivity index (χ0v) is 8.29. The van der Waals surface area contributed by atoms with E-state index in [1.54, 1.807) is 0 Å². The highest BCUT2D eigenvalue weighted by molar-refractivity contribution is 5.01. The number of hydrogen-bond donors (Lipinski definition) is 0. The van der Waals surface area contributed by atoms with E-state index >= 15 is 0 Å². The molecular weight excluding hydrogens is 150 g/mol. The first-order chi connectivity index (χ1) is 5.74. The first kappa shape index (κ1) is 8.52. The van der Waals surface area contributed by atoms with Crippen molar-refractivity contribution in [3.63, 3.8) is 0 Å². The molecule has 70 valence electrons. The Bertz CT molecular complexity index is 169. The van der Waals surface area contributed by atoms with Gasteiger partial charge in [0.2, 0.25) is 0 Å². The molecule has 0 saturated heterocycles. The van der Waals surface area contributed by atoms with Crippen molar-refractivity contribution in [2.75, 3.05) is 21.2 Å². The molecule has 2 saturated carbocycles. The molecule has 0 aromatic rings. The molecule has 2 fully saturated rings. The molecule has 0 aromatic carbocycles. The average molecular weight is 169 g/mol. The molecule has 0 radical (unpaired) electrons. The van der Waals surface area contributed by atoms with Crippen molar-refractivity contribution >= 4 is 0 Å². The Balaban J connectivity index is 2.11. The molecule has 0 unspecified atom stereocenters. The Hall–Kier alpha value is -0.0800. The summed E-state index contributed by atoms with van der Waals surface area (Å²) < 4.78 is 5.58. The van der Waals surface area contributed by atoms with Crippen LogP contribution >= 0.6 is 0 Å². The molecule has 0 aliphatic heterocycles. The molecule has 0 amide bonds. The molecule has 2 heteroatoms. The van der Waals surface area contributed by atoms with Crippen molar-refractivity contribution in [3.8, 4) is 0 Å². The van der Waals surface area contributed by atoms with Gasteiger partial charge in [-0.05, 0) is 45.2 Å². The van der Waals surface area contributed by atoms with Gasteiger partial charge in [-0.1, -0.05) is 0 Å². The minimum absolute atomic E-state index is 0.513. The Morgan fingerprint density at radius 1 is 1.17 bits per heavy atom. The first-order valence-corrected chi connectivity index (χ1v) is 4.93. The maximum atomic E-state index is 5.58. The molecule has 2 aliphatic carbocycles. The van der Waals surface area contributed by atoms with Gasteiger partial charge in [0.1, 0.15) is 0 Å². The van der Waals surface area contributed by atoms with E-state index in [2.05, 4.69) is 19.0 Å². The summed E-state index contributed by atoms with van der Waals surface area (Å²) in [6.45, 7) is 0. The summed E-state index contributed by atoms with van der Waals surface area (Å²) in [5.74, 6) is 1.77. The predicted octanol–water partition coefficient (Wildman–Crippen LogP) is 1.36. The summed E-state index contributed by atoms with van der Waals surface area (Å²) in [7, 11) is 6.22. The van der Waals surface area contributed by atoms with Gasteiger partial charge < -0.3 is 9.64 Å². The lowest BCUT2D eigenvalue weighted by Crippen LogP contribution is -2.44. The van der Waals surface area contributed by atoms with Crippen LogP contribution in [0.2, 0.25) is 0 Å². The van der Waals surface area contributed by atoms with Gasteiger partial charge in [-0.3, -0.25) is 0 Å². The van der Waals surface area contributed by atoms with Crippen LogP contribution in [0.4, 0.5) is 0 Å². The van der Waals surface area contributed by atoms with Crippen LogP contribution in [0, 0.1) is 11.8 Å². The molecule has 12 heavy (non-hydrogen) atoms. The van der Waals surface area contributed by atoms with E-state index in [9.17, 15) is 0 Å². The zero-order chi connectivity index (χ0) is 8.72. The smallest absolute Gasteiger partial charge is 0.0757 e. The summed E-state index contributed by atoms with van der Waals surface area (Å²) in [4.78, 5) is 2.35. The van der Waals surface area contributed by atoms with Crippen LogP contribution in [0.3, 0.4) is 0 Å². The van der Waals surface area contributed by atoms with Crippen molar-refractivity contribution in [3.05, 3.63) is 0 Å². The van der Waals surface area contributed by atoms with Crippen molar-refractivity contribution < 1.29 is 4.74 Å². The molecule has 4 atom stereocenters. The number of ether oxygens (including phenoxy) is 1. The van der Waals surface area contributed by atoms with E-state index in [1.807, 2.05) is 7.11 Å². The largest absolute Gasteiger partial charge is 0.380 e. The van der Waals surface area contributed by atoms with Crippen LogP contribution in [0.1, 0.15) is 19.3 Å². The van der Waals surface area contributed by atoms with Crippen molar-refractivity contribution in [2.45, 2.75) is 31.4 Å². The molecule has 0 heterocycles. The summed E-state index contributed by atoms with van der Waals surface area (Å²) in [5, 5.41) is 0. The maximum Gasteiger partial charge on any atom is 0.0757 e. The maximum absolute atomic E-state index is 5.58. The second-order valence-corrected chi connectivity index (χ2v) is 4.49. The fraction of sp³-hybridized carbons (Fsp3) is 1.00. The van der Waals surface area contributed by atoms with Gasteiger partial charge in [-0.25, -0.2) is 0 Å². The van der Waals surface area contributed by atoms with Crippen molar-refractivity contribution in [1.29, 1.82) is 0 Å². The van der Waals surface area contributed by atoms with E-state index in [1.165, 1.54) is 19.3 Å². The summed E-state index contributed by atoms with van der Waals surface area (Å²) in [6, 6.07) is 0.689. The quantitative estimate of drug-likeness (QED) is 0.619. The Labute approximate surface area is 74.9 Å². The van der Waals surface area contributed by atoms with Crippen LogP contribution in [0.25, 0.3) is 0 Å². The predicted molar refractivity (Wildman–Crippen MR) is 49.1 cm³/mol. The molecule has 0 N–H and O–H groups in total. The highest BCUT2D eigenvalue weighted by atomic mass is 16.5. The summed E-state index contributed by atoms with van der Waals surface area (Å²) in [5.41, 5.74) is 0. The first-order valence-electron chi connectivity index (χ1n) is 4.93. The van der Waals surface area contributed by atoms with E-state index < -0.39 is 0 Å². The number of likely N-dealkylation sites (N-methyl/N-ethyl adjacent to an activating group) is 1. The molecule has 2 bridgehead atoms.